The smallest absolute Gasteiger partial charge is 0.340 e. The molecule has 1 heterocycles. The van der Waals surface area contributed by atoms with E-state index in [2.05, 4.69) is 4.90 Å². The van der Waals surface area contributed by atoms with E-state index in [1.807, 2.05) is 6.07 Å². The number of carbonyl (C=O) groups excluding carboxylic acids is 1. The van der Waals surface area contributed by atoms with Gasteiger partial charge < -0.3 is 14.7 Å². The molecule has 0 aromatic heterocycles. The number of benzene rings is 1. The van der Waals surface area contributed by atoms with Crippen molar-refractivity contribution in [2.24, 2.45) is 0 Å². The summed E-state index contributed by atoms with van der Waals surface area (Å²) in [6.07, 6.45) is 6.77. The molecule has 1 saturated carbocycles. The number of likely N-dealkylation sites (tertiary alicyclic amines) is 1. The highest BCUT2D eigenvalue weighted by Crippen LogP contribution is 2.33. The molecule has 0 unspecified atom stereocenters. The van der Waals surface area contributed by atoms with Gasteiger partial charge in [-0.05, 0) is 50.9 Å². The van der Waals surface area contributed by atoms with Crippen molar-refractivity contribution in [3.63, 3.8) is 0 Å². The number of rotatable bonds is 3. The van der Waals surface area contributed by atoms with Crippen LogP contribution in [-0.2, 0) is 4.74 Å². The van der Waals surface area contributed by atoms with Crippen LogP contribution in [0.15, 0.2) is 30.3 Å². The van der Waals surface area contributed by atoms with E-state index in [9.17, 15) is 9.90 Å². The Morgan fingerprint density at radius 1 is 1.09 bits per heavy atom. The highest BCUT2D eigenvalue weighted by molar-refractivity contribution is 5.89. The number of aliphatic hydroxyl groups is 1. The average molecular weight is 303 g/mol. The van der Waals surface area contributed by atoms with Gasteiger partial charge in [-0.2, -0.15) is 0 Å². The lowest BCUT2D eigenvalue weighted by Crippen LogP contribution is -2.47. The van der Waals surface area contributed by atoms with Crippen LogP contribution in [0.25, 0.3) is 0 Å². The number of hydrogen-bond acceptors (Lipinski definition) is 4. The minimum Gasteiger partial charge on any atom is -0.430 e. The zero-order valence-electron chi connectivity index (χ0n) is 13.0. The van der Waals surface area contributed by atoms with Crippen molar-refractivity contribution >= 4 is 5.97 Å². The highest BCUT2D eigenvalue weighted by Gasteiger charge is 2.38. The predicted octanol–water partition coefficient (Wildman–Crippen LogP) is 2.96. The third-order valence-corrected chi connectivity index (χ3v) is 4.94. The zero-order valence-corrected chi connectivity index (χ0v) is 13.0. The molecule has 0 bridgehead atoms. The van der Waals surface area contributed by atoms with E-state index in [0.717, 1.165) is 12.8 Å². The van der Waals surface area contributed by atoms with Gasteiger partial charge in [0, 0.05) is 18.9 Å². The number of ether oxygens (including phenoxy) is 1. The van der Waals surface area contributed by atoms with Crippen LogP contribution in [0.2, 0.25) is 0 Å². The first-order valence-electron chi connectivity index (χ1n) is 8.41. The Balaban J connectivity index is 1.54. The lowest BCUT2D eigenvalue weighted by Gasteiger charge is -2.41. The van der Waals surface area contributed by atoms with Gasteiger partial charge in [-0.3, -0.25) is 0 Å². The van der Waals surface area contributed by atoms with Gasteiger partial charge in [0.05, 0.1) is 5.56 Å². The lowest BCUT2D eigenvalue weighted by atomic mass is 9.88. The van der Waals surface area contributed by atoms with Crippen molar-refractivity contribution in [3.05, 3.63) is 35.9 Å². The van der Waals surface area contributed by atoms with Crippen LogP contribution in [0, 0.1) is 0 Å². The molecule has 0 radical (unpaired) electrons. The van der Waals surface area contributed by atoms with Crippen LogP contribution in [0.4, 0.5) is 0 Å². The molecule has 0 amide bonds. The van der Waals surface area contributed by atoms with E-state index in [-0.39, 0.29) is 0 Å². The first-order chi connectivity index (χ1) is 10.7. The van der Waals surface area contributed by atoms with Crippen LogP contribution < -0.4 is 0 Å². The molecule has 0 atom stereocenters. The van der Waals surface area contributed by atoms with E-state index < -0.39 is 11.8 Å². The number of esters is 1. The van der Waals surface area contributed by atoms with Gasteiger partial charge in [-0.1, -0.05) is 24.6 Å². The molecular formula is C18H25NO3. The van der Waals surface area contributed by atoms with Crippen molar-refractivity contribution in [2.75, 3.05) is 13.1 Å². The minimum absolute atomic E-state index is 0.431. The summed E-state index contributed by atoms with van der Waals surface area (Å²) in [6, 6.07) is 9.42. The molecule has 3 rings (SSSR count). The van der Waals surface area contributed by atoms with Gasteiger partial charge in [0.15, 0.2) is 0 Å². The maximum Gasteiger partial charge on any atom is 0.340 e. The van der Waals surface area contributed by atoms with E-state index in [0.29, 0.717) is 24.4 Å². The molecule has 22 heavy (non-hydrogen) atoms. The van der Waals surface area contributed by atoms with E-state index in [4.69, 9.17) is 4.74 Å². The van der Waals surface area contributed by atoms with Gasteiger partial charge in [0.1, 0.15) is 0 Å². The summed E-state index contributed by atoms with van der Waals surface area (Å²) in [5, 5.41) is 10.6. The molecule has 1 aromatic rings. The van der Waals surface area contributed by atoms with E-state index >= 15 is 0 Å². The van der Waals surface area contributed by atoms with Gasteiger partial charge in [0.2, 0.25) is 5.79 Å². The second kappa shape index (κ2) is 6.80. The maximum absolute atomic E-state index is 12.1. The first kappa shape index (κ1) is 15.5. The monoisotopic (exact) mass is 303 g/mol. The fourth-order valence-electron chi connectivity index (χ4n) is 3.61. The fraction of sp³-hybridized carbons (Fsp3) is 0.611. The molecule has 0 spiro atoms. The molecular weight excluding hydrogens is 278 g/mol. The normalized spacial score (nSPS) is 30.0. The van der Waals surface area contributed by atoms with Crippen LogP contribution in [0.1, 0.15) is 55.3 Å². The minimum atomic E-state index is -1.29. The standard InChI is InChI=1S/C18H25NO3/c20-17(15-7-3-1-4-8-15)22-18(21)11-9-16(10-12-18)19-13-5-2-6-14-19/h1,3-4,7-8,16,21H,2,5-6,9-14H2. The summed E-state index contributed by atoms with van der Waals surface area (Å²) in [5.41, 5.74) is 0.495. The van der Waals surface area contributed by atoms with Crippen molar-refractivity contribution < 1.29 is 14.6 Å². The van der Waals surface area contributed by atoms with E-state index in [1.54, 1.807) is 24.3 Å². The summed E-state index contributed by atoms with van der Waals surface area (Å²) in [5.74, 6) is -1.72. The second-order valence-electron chi connectivity index (χ2n) is 6.53. The highest BCUT2D eigenvalue weighted by atomic mass is 16.7. The number of hydrogen-bond donors (Lipinski definition) is 1. The molecule has 120 valence electrons. The van der Waals surface area contributed by atoms with E-state index in [1.165, 1.54) is 32.4 Å². The number of piperidine rings is 1. The topological polar surface area (TPSA) is 49.8 Å². The van der Waals surface area contributed by atoms with Crippen molar-refractivity contribution in [2.45, 2.75) is 56.8 Å². The summed E-state index contributed by atoms with van der Waals surface area (Å²) < 4.78 is 5.40. The van der Waals surface area contributed by atoms with Crippen LogP contribution >= 0.6 is 0 Å². The number of nitrogens with zero attached hydrogens (tertiary/aromatic N) is 1. The SMILES string of the molecule is O=C(OC1(O)CCC(N2CCCCC2)CC1)c1ccccc1. The third-order valence-electron chi connectivity index (χ3n) is 4.94. The summed E-state index contributed by atoms with van der Waals surface area (Å²) >= 11 is 0. The van der Waals surface area contributed by atoms with Gasteiger partial charge in [-0.25, -0.2) is 4.79 Å². The van der Waals surface area contributed by atoms with Gasteiger partial charge in [0.25, 0.3) is 0 Å². The fourth-order valence-corrected chi connectivity index (χ4v) is 3.61. The third kappa shape index (κ3) is 3.68. The lowest BCUT2D eigenvalue weighted by molar-refractivity contribution is -0.190. The first-order valence-corrected chi connectivity index (χ1v) is 8.41. The molecule has 2 fully saturated rings. The predicted molar refractivity (Wildman–Crippen MR) is 84.5 cm³/mol. The van der Waals surface area contributed by atoms with Crippen LogP contribution in [-0.4, -0.2) is 40.9 Å². The van der Waals surface area contributed by atoms with Gasteiger partial charge >= 0.3 is 5.97 Å². The van der Waals surface area contributed by atoms with Crippen LogP contribution in [0.5, 0.6) is 0 Å². The quantitative estimate of drug-likeness (QED) is 0.689. The second-order valence-corrected chi connectivity index (χ2v) is 6.53. The van der Waals surface area contributed by atoms with Gasteiger partial charge in [-0.15, -0.1) is 0 Å². The Morgan fingerprint density at radius 2 is 1.73 bits per heavy atom. The molecule has 1 aliphatic heterocycles. The molecule has 4 nitrogen and oxygen atoms in total. The molecule has 1 aromatic carbocycles. The molecule has 1 saturated heterocycles. The Kier molecular flexibility index (Phi) is 4.79. The maximum atomic E-state index is 12.1. The van der Waals surface area contributed by atoms with Crippen molar-refractivity contribution in [1.29, 1.82) is 0 Å². The molecule has 1 aliphatic carbocycles. The Bertz CT molecular complexity index is 488. The van der Waals surface area contributed by atoms with Crippen LogP contribution in [0.3, 0.4) is 0 Å². The Labute approximate surface area is 132 Å². The van der Waals surface area contributed by atoms with Crippen molar-refractivity contribution in [3.8, 4) is 0 Å². The number of carbonyl (C=O) groups is 1. The largest absolute Gasteiger partial charge is 0.430 e. The Morgan fingerprint density at radius 3 is 2.36 bits per heavy atom. The summed E-state index contributed by atoms with van der Waals surface area (Å²) in [6.45, 7) is 2.35. The Hall–Kier alpha value is -1.39. The molecule has 4 heteroatoms. The molecule has 2 aliphatic rings. The zero-order chi connectivity index (χ0) is 15.4. The van der Waals surface area contributed by atoms with Crippen molar-refractivity contribution in [1.82, 2.24) is 4.90 Å². The molecule has 1 N–H and O–H groups in total. The summed E-state index contributed by atoms with van der Waals surface area (Å²) in [7, 11) is 0. The summed E-state index contributed by atoms with van der Waals surface area (Å²) in [4.78, 5) is 14.7. The average Bonchev–Trinajstić information content (AvgIpc) is 2.57.